The molecule has 0 aromatic carbocycles. The smallest absolute Gasteiger partial charge is 0.255 e. The predicted molar refractivity (Wildman–Crippen MR) is 87.3 cm³/mol. The lowest BCUT2D eigenvalue weighted by Gasteiger charge is -2.27. The van der Waals surface area contributed by atoms with E-state index < -0.39 is 0 Å². The number of carbonyl (C=O) groups is 1. The van der Waals surface area contributed by atoms with E-state index in [2.05, 4.69) is 14.9 Å². The Morgan fingerprint density at radius 3 is 2.74 bits per heavy atom. The molecule has 6 nitrogen and oxygen atoms in total. The molecule has 1 fully saturated rings. The Hall–Kier alpha value is -2.47. The van der Waals surface area contributed by atoms with Gasteiger partial charge in [0.1, 0.15) is 5.82 Å². The average Bonchev–Trinajstić information content (AvgIpc) is 2.63. The molecule has 2 aromatic rings. The van der Waals surface area contributed by atoms with E-state index >= 15 is 0 Å². The Labute approximate surface area is 135 Å². The molecule has 0 unspecified atom stereocenters. The average molecular weight is 312 g/mol. The summed E-state index contributed by atoms with van der Waals surface area (Å²) in [5.74, 6) is 0.842. The molecule has 6 heteroatoms. The van der Waals surface area contributed by atoms with E-state index in [-0.39, 0.29) is 5.91 Å². The minimum Gasteiger partial charge on any atom is -0.378 e. The molecule has 3 heterocycles. The van der Waals surface area contributed by atoms with Gasteiger partial charge in [-0.25, -0.2) is 4.98 Å². The molecule has 120 valence electrons. The summed E-state index contributed by atoms with van der Waals surface area (Å²) in [5.41, 5.74) is 1.59. The molecule has 1 saturated heterocycles. The van der Waals surface area contributed by atoms with E-state index in [0.717, 1.165) is 37.7 Å². The Bertz CT molecular complexity index is 639. The van der Waals surface area contributed by atoms with Gasteiger partial charge in [0.25, 0.3) is 5.91 Å². The van der Waals surface area contributed by atoms with Crippen LogP contribution >= 0.6 is 0 Å². The van der Waals surface area contributed by atoms with Gasteiger partial charge in [-0.1, -0.05) is 6.07 Å². The maximum atomic E-state index is 12.5. The van der Waals surface area contributed by atoms with Gasteiger partial charge in [-0.15, -0.1) is 0 Å². The third-order valence-corrected chi connectivity index (χ3v) is 3.82. The normalized spacial score (nSPS) is 14.6. The van der Waals surface area contributed by atoms with Crippen molar-refractivity contribution in [3.8, 4) is 0 Å². The first-order chi connectivity index (χ1) is 11.2. The number of aromatic nitrogens is 2. The molecule has 0 atom stereocenters. The van der Waals surface area contributed by atoms with E-state index in [9.17, 15) is 4.79 Å². The number of rotatable bonds is 4. The van der Waals surface area contributed by atoms with Crippen LogP contribution in [0.1, 0.15) is 15.9 Å². The predicted octanol–water partition coefficient (Wildman–Crippen LogP) is 1.59. The van der Waals surface area contributed by atoms with Gasteiger partial charge < -0.3 is 14.5 Å². The van der Waals surface area contributed by atoms with Crippen LogP contribution in [0.3, 0.4) is 0 Å². The Kier molecular flexibility index (Phi) is 4.83. The first kappa shape index (κ1) is 15.4. The summed E-state index contributed by atoms with van der Waals surface area (Å²) in [6.45, 7) is 3.63. The van der Waals surface area contributed by atoms with Crippen molar-refractivity contribution in [2.24, 2.45) is 0 Å². The monoisotopic (exact) mass is 312 g/mol. The van der Waals surface area contributed by atoms with Gasteiger partial charge in [-0.05, 0) is 23.8 Å². The molecule has 0 spiro atoms. The maximum Gasteiger partial charge on any atom is 0.255 e. The highest BCUT2D eigenvalue weighted by atomic mass is 16.5. The maximum absolute atomic E-state index is 12.5. The zero-order valence-electron chi connectivity index (χ0n) is 13.2. The number of hydrogen-bond donors (Lipinski definition) is 0. The summed E-state index contributed by atoms with van der Waals surface area (Å²) in [6, 6.07) is 7.55. The molecule has 3 rings (SSSR count). The van der Waals surface area contributed by atoms with Crippen LogP contribution in [0.5, 0.6) is 0 Å². The fraction of sp³-hybridized carbons (Fsp3) is 0.353. The zero-order chi connectivity index (χ0) is 16.1. The van der Waals surface area contributed by atoms with Crippen LogP contribution in [-0.4, -0.2) is 54.1 Å². The van der Waals surface area contributed by atoms with E-state index in [4.69, 9.17) is 4.74 Å². The SMILES string of the molecule is CN(Cc1cccnc1)C(=O)c1ccc(N2CCOCC2)nc1. The van der Waals surface area contributed by atoms with Gasteiger partial charge in [0.2, 0.25) is 0 Å². The summed E-state index contributed by atoms with van der Waals surface area (Å²) in [4.78, 5) is 24.8. The number of pyridine rings is 2. The molecule has 0 N–H and O–H groups in total. The topological polar surface area (TPSA) is 58.6 Å². The number of ether oxygens (including phenoxy) is 1. The van der Waals surface area contributed by atoms with Crippen molar-refractivity contribution in [1.29, 1.82) is 0 Å². The van der Waals surface area contributed by atoms with Gasteiger partial charge in [-0.2, -0.15) is 0 Å². The fourth-order valence-corrected chi connectivity index (χ4v) is 2.55. The molecule has 1 aliphatic rings. The van der Waals surface area contributed by atoms with E-state index in [1.165, 1.54) is 0 Å². The molecule has 1 aliphatic heterocycles. The molecule has 0 radical (unpaired) electrons. The van der Waals surface area contributed by atoms with Crippen molar-refractivity contribution in [2.75, 3.05) is 38.3 Å². The van der Waals surface area contributed by atoms with Gasteiger partial charge >= 0.3 is 0 Å². The largest absolute Gasteiger partial charge is 0.378 e. The summed E-state index contributed by atoms with van der Waals surface area (Å²) < 4.78 is 5.34. The molecule has 23 heavy (non-hydrogen) atoms. The number of carbonyl (C=O) groups excluding carboxylic acids is 1. The quantitative estimate of drug-likeness (QED) is 0.858. The standard InChI is InChI=1S/C17H20N4O2/c1-20(13-14-3-2-6-18-11-14)17(22)15-4-5-16(19-12-15)21-7-9-23-10-8-21/h2-6,11-12H,7-10,13H2,1H3. The Balaban J connectivity index is 1.65. The number of nitrogens with zero attached hydrogens (tertiary/aromatic N) is 4. The van der Waals surface area contributed by atoms with E-state index in [0.29, 0.717) is 12.1 Å². The van der Waals surface area contributed by atoms with Crippen molar-refractivity contribution >= 4 is 11.7 Å². The second-order valence-corrected chi connectivity index (χ2v) is 5.53. The lowest BCUT2D eigenvalue weighted by atomic mass is 10.2. The number of hydrogen-bond acceptors (Lipinski definition) is 5. The Morgan fingerprint density at radius 2 is 2.09 bits per heavy atom. The van der Waals surface area contributed by atoms with Gasteiger partial charge in [0, 0.05) is 45.3 Å². The second kappa shape index (κ2) is 7.19. The summed E-state index contributed by atoms with van der Waals surface area (Å²) in [7, 11) is 1.78. The van der Waals surface area contributed by atoms with Crippen molar-refractivity contribution < 1.29 is 9.53 Å². The van der Waals surface area contributed by atoms with Crippen molar-refractivity contribution in [1.82, 2.24) is 14.9 Å². The highest BCUT2D eigenvalue weighted by Gasteiger charge is 2.15. The number of amides is 1. The molecule has 0 saturated carbocycles. The minimum absolute atomic E-state index is 0.0464. The van der Waals surface area contributed by atoms with E-state index in [1.54, 1.807) is 30.5 Å². The number of anilines is 1. The summed E-state index contributed by atoms with van der Waals surface area (Å²) >= 11 is 0. The first-order valence-corrected chi connectivity index (χ1v) is 7.67. The van der Waals surface area contributed by atoms with Crippen LogP contribution in [0.2, 0.25) is 0 Å². The zero-order valence-corrected chi connectivity index (χ0v) is 13.2. The van der Waals surface area contributed by atoms with Crippen LogP contribution in [0.25, 0.3) is 0 Å². The van der Waals surface area contributed by atoms with Crippen molar-refractivity contribution in [3.05, 3.63) is 54.0 Å². The van der Waals surface area contributed by atoms with Gasteiger partial charge in [0.05, 0.1) is 18.8 Å². The summed E-state index contributed by atoms with van der Waals surface area (Å²) in [6.07, 6.45) is 5.13. The van der Waals surface area contributed by atoms with Crippen LogP contribution in [0.4, 0.5) is 5.82 Å². The second-order valence-electron chi connectivity index (χ2n) is 5.53. The van der Waals surface area contributed by atoms with Crippen LogP contribution in [-0.2, 0) is 11.3 Å². The minimum atomic E-state index is -0.0464. The van der Waals surface area contributed by atoms with Gasteiger partial charge in [0.15, 0.2) is 0 Å². The Morgan fingerprint density at radius 1 is 1.26 bits per heavy atom. The lowest BCUT2D eigenvalue weighted by Crippen LogP contribution is -2.36. The van der Waals surface area contributed by atoms with E-state index in [1.807, 2.05) is 24.3 Å². The molecule has 1 amide bonds. The highest BCUT2D eigenvalue weighted by Crippen LogP contribution is 2.14. The summed E-state index contributed by atoms with van der Waals surface area (Å²) in [5, 5.41) is 0. The van der Waals surface area contributed by atoms with Gasteiger partial charge in [-0.3, -0.25) is 9.78 Å². The lowest BCUT2D eigenvalue weighted by molar-refractivity contribution is 0.0784. The molecular weight excluding hydrogens is 292 g/mol. The van der Waals surface area contributed by atoms with Crippen molar-refractivity contribution in [2.45, 2.75) is 6.54 Å². The molecule has 0 aliphatic carbocycles. The third kappa shape index (κ3) is 3.84. The van der Waals surface area contributed by atoms with Crippen LogP contribution in [0.15, 0.2) is 42.9 Å². The fourth-order valence-electron chi connectivity index (χ4n) is 2.55. The van der Waals surface area contributed by atoms with Crippen LogP contribution < -0.4 is 4.90 Å². The molecule has 2 aromatic heterocycles. The highest BCUT2D eigenvalue weighted by molar-refractivity contribution is 5.93. The van der Waals surface area contributed by atoms with Crippen molar-refractivity contribution in [3.63, 3.8) is 0 Å². The first-order valence-electron chi connectivity index (χ1n) is 7.67. The number of morpholine rings is 1. The third-order valence-electron chi connectivity index (χ3n) is 3.82. The molecule has 0 bridgehead atoms. The van der Waals surface area contributed by atoms with Crippen LogP contribution in [0, 0.1) is 0 Å². The molecular formula is C17H20N4O2.